The molecule has 1 unspecified atom stereocenters. The molecule has 0 spiro atoms. The molecule has 1 heterocycles. The standard InChI is InChI=1S/C16H19F3N4O2/c1-10(9-21(2)15(25)16(17,18)19)13-12(20)14(24)23(22(13)3)11-7-5-4-6-8-11/h4-8,10H,9,20H2,1-3H3. The van der Waals surface area contributed by atoms with Gasteiger partial charge in [-0.25, -0.2) is 4.68 Å². The number of para-hydroxylation sites is 1. The average Bonchev–Trinajstić information content (AvgIpc) is 2.76. The maximum Gasteiger partial charge on any atom is 0.471 e. The number of carbonyl (C=O) groups excluding carboxylic acids is 1. The van der Waals surface area contributed by atoms with E-state index in [-0.39, 0.29) is 12.2 Å². The van der Waals surface area contributed by atoms with Gasteiger partial charge in [-0.15, -0.1) is 0 Å². The van der Waals surface area contributed by atoms with Gasteiger partial charge < -0.3 is 10.6 Å². The third-order valence-electron chi connectivity index (χ3n) is 3.95. The first-order valence-corrected chi connectivity index (χ1v) is 7.50. The van der Waals surface area contributed by atoms with Crippen LogP contribution < -0.4 is 11.3 Å². The Labute approximate surface area is 142 Å². The summed E-state index contributed by atoms with van der Waals surface area (Å²) in [7, 11) is 2.66. The van der Waals surface area contributed by atoms with Crippen molar-refractivity contribution in [2.24, 2.45) is 7.05 Å². The van der Waals surface area contributed by atoms with E-state index in [1.807, 2.05) is 0 Å². The van der Waals surface area contributed by atoms with Gasteiger partial charge in [0.2, 0.25) is 0 Å². The lowest BCUT2D eigenvalue weighted by Gasteiger charge is -2.23. The van der Waals surface area contributed by atoms with Gasteiger partial charge in [-0.2, -0.15) is 13.2 Å². The first kappa shape index (κ1) is 18.6. The Morgan fingerprint density at radius 3 is 2.36 bits per heavy atom. The van der Waals surface area contributed by atoms with Crippen molar-refractivity contribution in [3.63, 3.8) is 0 Å². The van der Waals surface area contributed by atoms with Crippen LogP contribution >= 0.6 is 0 Å². The molecule has 0 aliphatic rings. The van der Waals surface area contributed by atoms with Crippen LogP contribution in [0.5, 0.6) is 0 Å². The number of nitrogens with two attached hydrogens (primary N) is 1. The smallest absolute Gasteiger partial charge is 0.393 e. The van der Waals surface area contributed by atoms with Gasteiger partial charge in [0.05, 0.1) is 11.4 Å². The number of rotatable bonds is 4. The average molecular weight is 356 g/mol. The first-order valence-electron chi connectivity index (χ1n) is 7.50. The van der Waals surface area contributed by atoms with Crippen LogP contribution in [-0.2, 0) is 11.8 Å². The Bertz CT molecular complexity index is 824. The van der Waals surface area contributed by atoms with E-state index in [0.29, 0.717) is 16.3 Å². The molecule has 0 saturated carbocycles. The van der Waals surface area contributed by atoms with Gasteiger partial charge in [-0.3, -0.25) is 14.3 Å². The second-order valence-electron chi connectivity index (χ2n) is 5.86. The molecule has 0 bridgehead atoms. The predicted octanol–water partition coefficient (Wildman–Crippen LogP) is 1.88. The highest BCUT2D eigenvalue weighted by Crippen LogP contribution is 2.24. The summed E-state index contributed by atoms with van der Waals surface area (Å²) >= 11 is 0. The quantitative estimate of drug-likeness (QED) is 0.909. The molecule has 136 valence electrons. The molecule has 0 aliphatic carbocycles. The molecule has 25 heavy (non-hydrogen) atoms. The van der Waals surface area contributed by atoms with Crippen molar-refractivity contribution in [1.29, 1.82) is 0 Å². The van der Waals surface area contributed by atoms with E-state index in [0.717, 1.165) is 7.05 Å². The van der Waals surface area contributed by atoms with Crippen molar-refractivity contribution in [3.8, 4) is 5.69 Å². The second kappa shape index (κ2) is 6.66. The van der Waals surface area contributed by atoms with E-state index in [4.69, 9.17) is 5.73 Å². The summed E-state index contributed by atoms with van der Waals surface area (Å²) in [6.45, 7) is 1.38. The van der Waals surface area contributed by atoms with Crippen LogP contribution in [0.25, 0.3) is 5.69 Å². The fourth-order valence-electron chi connectivity index (χ4n) is 2.88. The molecule has 0 radical (unpaired) electrons. The van der Waals surface area contributed by atoms with E-state index in [9.17, 15) is 22.8 Å². The molecule has 0 fully saturated rings. The van der Waals surface area contributed by atoms with Gasteiger partial charge in [0.25, 0.3) is 5.56 Å². The van der Waals surface area contributed by atoms with Crippen molar-refractivity contribution in [3.05, 3.63) is 46.4 Å². The van der Waals surface area contributed by atoms with Crippen LogP contribution in [0.4, 0.5) is 18.9 Å². The number of likely N-dealkylation sites (N-methyl/N-ethyl adjacent to an activating group) is 1. The number of amides is 1. The van der Waals surface area contributed by atoms with Crippen LogP contribution in [0.1, 0.15) is 18.5 Å². The van der Waals surface area contributed by atoms with Gasteiger partial charge >= 0.3 is 12.1 Å². The number of alkyl halides is 3. The fourth-order valence-corrected chi connectivity index (χ4v) is 2.88. The topological polar surface area (TPSA) is 73.3 Å². The third-order valence-corrected chi connectivity index (χ3v) is 3.95. The lowest BCUT2D eigenvalue weighted by atomic mass is 10.1. The molecule has 1 aromatic carbocycles. The number of benzene rings is 1. The summed E-state index contributed by atoms with van der Waals surface area (Å²) in [5.41, 5.74) is 6.35. The Kier molecular flexibility index (Phi) is 4.96. The molecular weight excluding hydrogens is 337 g/mol. The van der Waals surface area contributed by atoms with Gasteiger partial charge in [0, 0.05) is 26.6 Å². The van der Waals surface area contributed by atoms with E-state index < -0.39 is 23.6 Å². The highest BCUT2D eigenvalue weighted by molar-refractivity contribution is 5.81. The molecule has 2 N–H and O–H groups in total. The molecule has 1 amide bonds. The largest absolute Gasteiger partial charge is 0.471 e. The zero-order valence-corrected chi connectivity index (χ0v) is 14.0. The Hall–Kier alpha value is -2.71. The molecule has 2 rings (SSSR count). The van der Waals surface area contributed by atoms with E-state index >= 15 is 0 Å². The van der Waals surface area contributed by atoms with Crippen molar-refractivity contribution >= 4 is 11.6 Å². The van der Waals surface area contributed by atoms with E-state index in [1.165, 1.54) is 9.36 Å². The van der Waals surface area contributed by atoms with Crippen molar-refractivity contribution < 1.29 is 18.0 Å². The summed E-state index contributed by atoms with van der Waals surface area (Å²) < 4.78 is 40.4. The monoisotopic (exact) mass is 356 g/mol. The lowest BCUT2D eigenvalue weighted by Crippen LogP contribution is -2.40. The molecule has 1 aromatic heterocycles. The number of aromatic nitrogens is 2. The Morgan fingerprint density at radius 1 is 1.28 bits per heavy atom. The normalized spacial score (nSPS) is 12.9. The van der Waals surface area contributed by atoms with Gasteiger partial charge in [-0.1, -0.05) is 25.1 Å². The van der Waals surface area contributed by atoms with Crippen molar-refractivity contribution in [2.75, 3.05) is 19.3 Å². The van der Waals surface area contributed by atoms with Gasteiger partial charge in [-0.05, 0) is 12.1 Å². The summed E-state index contributed by atoms with van der Waals surface area (Å²) in [5.74, 6) is -2.51. The highest BCUT2D eigenvalue weighted by Gasteiger charge is 2.41. The molecular formula is C16H19F3N4O2. The van der Waals surface area contributed by atoms with Crippen LogP contribution in [0.2, 0.25) is 0 Å². The Balaban J connectivity index is 2.37. The predicted molar refractivity (Wildman–Crippen MR) is 87.5 cm³/mol. The van der Waals surface area contributed by atoms with Gasteiger partial charge in [0.15, 0.2) is 0 Å². The van der Waals surface area contributed by atoms with E-state index in [2.05, 4.69) is 0 Å². The summed E-state index contributed by atoms with van der Waals surface area (Å²) in [6, 6.07) is 8.74. The SMILES string of the molecule is CC(CN(C)C(=O)C(F)(F)F)c1c(N)c(=O)n(-c2ccccc2)n1C. The fraction of sp³-hybridized carbons (Fsp3) is 0.375. The van der Waals surface area contributed by atoms with Gasteiger partial charge in [0.1, 0.15) is 5.69 Å². The maximum absolute atomic E-state index is 12.5. The molecule has 1 atom stereocenters. The third kappa shape index (κ3) is 3.54. The Morgan fingerprint density at radius 2 is 1.84 bits per heavy atom. The minimum absolute atomic E-state index is 0.0493. The zero-order valence-electron chi connectivity index (χ0n) is 14.0. The molecule has 6 nitrogen and oxygen atoms in total. The molecule has 9 heteroatoms. The minimum atomic E-state index is -4.94. The summed E-state index contributed by atoms with van der Waals surface area (Å²) in [4.78, 5) is 24.3. The number of hydrogen-bond acceptors (Lipinski definition) is 3. The number of anilines is 1. The molecule has 2 aromatic rings. The number of hydrogen-bond donors (Lipinski definition) is 1. The minimum Gasteiger partial charge on any atom is -0.393 e. The summed E-state index contributed by atoms with van der Waals surface area (Å²) in [5, 5.41) is 0. The zero-order chi connectivity index (χ0) is 18.9. The van der Waals surface area contributed by atoms with E-state index in [1.54, 1.807) is 44.3 Å². The van der Waals surface area contributed by atoms with Crippen molar-refractivity contribution in [1.82, 2.24) is 14.3 Å². The van der Waals surface area contributed by atoms with Crippen LogP contribution in [0.15, 0.2) is 35.1 Å². The molecule has 0 aliphatic heterocycles. The lowest BCUT2D eigenvalue weighted by molar-refractivity contribution is -0.184. The second-order valence-corrected chi connectivity index (χ2v) is 5.86. The molecule has 0 saturated heterocycles. The number of nitrogens with zero attached hydrogens (tertiary/aromatic N) is 3. The highest BCUT2D eigenvalue weighted by atomic mass is 19.4. The summed E-state index contributed by atoms with van der Waals surface area (Å²) in [6.07, 6.45) is -4.94. The van der Waals surface area contributed by atoms with Crippen LogP contribution in [0.3, 0.4) is 0 Å². The van der Waals surface area contributed by atoms with Crippen molar-refractivity contribution in [2.45, 2.75) is 19.0 Å². The van der Waals surface area contributed by atoms with Crippen LogP contribution in [0, 0.1) is 0 Å². The number of carbonyl (C=O) groups is 1. The van der Waals surface area contributed by atoms with Crippen LogP contribution in [-0.4, -0.2) is 39.9 Å². The number of nitrogen functional groups attached to an aromatic ring is 1. The number of halogens is 3. The maximum atomic E-state index is 12.5. The first-order chi connectivity index (χ1) is 11.6.